The normalized spacial score (nSPS) is 14.8. The van der Waals surface area contributed by atoms with Gasteiger partial charge in [0.05, 0.1) is 10.2 Å². The Kier molecular flexibility index (Phi) is 6.73. The average Bonchev–Trinajstić information content (AvgIpc) is 3.32. The Morgan fingerprint density at radius 1 is 1.08 bits per heavy atom. The summed E-state index contributed by atoms with van der Waals surface area (Å²) in [6.45, 7) is -2.19. The number of alkyl halides is 2. The average molecular weight is 506 g/mol. The first kappa shape index (κ1) is 23.6. The summed E-state index contributed by atoms with van der Waals surface area (Å²) in [5.74, 6) is 1.34. The molecule has 0 amide bonds. The molecule has 2 aromatic carbocycles. The van der Waals surface area contributed by atoms with Crippen LogP contribution in [-0.2, 0) is 13.0 Å². The van der Waals surface area contributed by atoms with Crippen LogP contribution < -0.4 is 19.5 Å². The fraction of sp³-hybridized carbons (Fsp3) is 0.231. The highest BCUT2D eigenvalue weighted by atomic mass is 32.1. The molecule has 182 valence electrons. The van der Waals surface area contributed by atoms with Crippen molar-refractivity contribution in [1.82, 2.24) is 19.3 Å². The molecule has 3 heterocycles. The molecule has 2 aromatic heterocycles. The van der Waals surface area contributed by atoms with E-state index in [2.05, 4.69) is 21.0 Å². The summed E-state index contributed by atoms with van der Waals surface area (Å²) in [4.78, 5) is 13.6. The van der Waals surface area contributed by atoms with Crippen molar-refractivity contribution in [1.29, 1.82) is 5.26 Å². The van der Waals surface area contributed by atoms with Crippen molar-refractivity contribution in [3.63, 3.8) is 0 Å². The number of aromatic nitrogens is 4. The van der Waals surface area contributed by atoms with Crippen LogP contribution in [0.15, 0.2) is 59.4 Å². The Labute approximate surface area is 208 Å². The topological polar surface area (TPSA) is 85.7 Å². The summed E-state index contributed by atoms with van der Waals surface area (Å²) in [5, 5.41) is 18.9. The number of benzene rings is 2. The molecule has 10 heteroatoms. The lowest BCUT2D eigenvalue weighted by atomic mass is 10.2. The molecule has 5 rings (SSSR count). The van der Waals surface area contributed by atoms with Crippen LogP contribution >= 0.6 is 11.3 Å². The second-order valence-corrected chi connectivity index (χ2v) is 9.26. The number of aryl methyl sites for hydroxylation is 1. The molecule has 0 N–H and O–H groups in total. The lowest BCUT2D eigenvalue weighted by Gasteiger charge is -2.07. The van der Waals surface area contributed by atoms with Crippen LogP contribution in [-0.4, -0.2) is 25.9 Å². The molecule has 0 aliphatic carbocycles. The molecule has 7 nitrogen and oxygen atoms in total. The van der Waals surface area contributed by atoms with E-state index in [-0.39, 0.29) is 16.9 Å². The first-order chi connectivity index (χ1) is 17.5. The fourth-order valence-corrected chi connectivity index (χ4v) is 5.32. The number of fused-ring (bicyclic) bond motifs is 1. The van der Waals surface area contributed by atoms with E-state index in [1.165, 1.54) is 28.0 Å². The van der Waals surface area contributed by atoms with Crippen molar-refractivity contribution in [2.24, 2.45) is 0 Å². The lowest BCUT2D eigenvalue weighted by molar-refractivity contribution is -0.0498. The van der Waals surface area contributed by atoms with E-state index in [9.17, 15) is 18.8 Å². The van der Waals surface area contributed by atoms with Crippen LogP contribution in [0.3, 0.4) is 0 Å². The largest absolute Gasteiger partial charge is 0.435 e. The van der Waals surface area contributed by atoms with E-state index >= 15 is 0 Å². The van der Waals surface area contributed by atoms with E-state index in [1.807, 2.05) is 22.8 Å². The van der Waals surface area contributed by atoms with E-state index in [0.29, 0.717) is 26.3 Å². The molecule has 0 radical (unpaired) electrons. The Bertz CT molecular complexity index is 1600. The van der Waals surface area contributed by atoms with Crippen molar-refractivity contribution in [2.75, 3.05) is 0 Å². The minimum absolute atomic E-state index is 0.0308. The first-order valence-corrected chi connectivity index (χ1v) is 12.3. The van der Waals surface area contributed by atoms with Crippen LogP contribution in [0, 0.1) is 11.3 Å². The zero-order valence-corrected chi connectivity index (χ0v) is 19.9. The number of ether oxygens (including phenoxy) is 1. The van der Waals surface area contributed by atoms with Gasteiger partial charge in [0.2, 0.25) is 0 Å². The maximum absolute atomic E-state index is 13.6. The number of rotatable bonds is 5. The predicted molar refractivity (Wildman–Crippen MR) is 132 cm³/mol. The summed E-state index contributed by atoms with van der Waals surface area (Å²) in [6.07, 6.45) is 5.54. The standard InChI is InChI=1S/C26H21F2N5O2S/c27-26(28)35-19-12-10-17(11-13-19)15-21-24(34)33(18-7-3-1-4-8-18)25(36-21)20(16-29)23-31-30-22-9-5-2-6-14-32(22)23/h1,3-4,7-8,10-13,15,26H,2,5-6,9,14H2/b21-15-,25-20-. The smallest absolute Gasteiger partial charge is 0.387 e. The van der Waals surface area contributed by atoms with Crippen LogP contribution in [0.1, 0.15) is 36.5 Å². The molecule has 0 saturated heterocycles. The molecule has 36 heavy (non-hydrogen) atoms. The number of nitrogens with zero attached hydrogens (tertiary/aromatic N) is 5. The molecular formula is C26H21F2N5O2S. The van der Waals surface area contributed by atoms with Crippen LogP contribution in [0.4, 0.5) is 8.78 Å². The molecule has 0 atom stereocenters. The van der Waals surface area contributed by atoms with Crippen molar-refractivity contribution in [2.45, 2.75) is 38.8 Å². The fourth-order valence-electron chi connectivity index (χ4n) is 4.22. The molecule has 0 unspecified atom stereocenters. The summed E-state index contributed by atoms with van der Waals surface area (Å²) in [7, 11) is 0. The first-order valence-electron chi connectivity index (χ1n) is 11.5. The summed E-state index contributed by atoms with van der Waals surface area (Å²) < 4.78 is 33.7. The number of hydrogen-bond acceptors (Lipinski definition) is 6. The van der Waals surface area contributed by atoms with E-state index in [1.54, 1.807) is 30.3 Å². The Hall–Kier alpha value is -4.10. The molecule has 0 saturated carbocycles. The monoisotopic (exact) mass is 505 g/mol. The van der Waals surface area contributed by atoms with E-state index in [0.717, 1.165) is 38.1 Å². The van der Waals surface area contributed by atoms with Gasteiger partial charge in [0.15, 0.2) is 5.82 Å². The highest BCUT2D eigenvalue weighted by Gasteiger charge is 2.21. The van der Waals surface area contributed by atoms with Crippen molar-refractivity contribution in [3.05, 3.63) is 91.4 Å². The van der Waals surface area contributed by atoms with Gasteiger partial charge in [0, 0.05) is 13.0 Å². The number of nitriles is 1. The number of hydrogen-bond donors (Lipinski definition) is 0. The van der Waals surface area contributed by atoms with E-state index < -0.39 is 6.61 Å². The third kappa shape index (κ3) is 4.70. The quantitative estimate of drug-likeness (QED) is 0.415. The minimum Gasteiger partial charge on any atom is -0.435 e. The lowest BCUT2D eigenvalue weighted by Crippen LogP contribution is -2.31. The van der Waals surface area contributed by atoms with Gasteiger partial charge in [-0.2, -0.15) is 14.0 Å². The molecular weight excluding hydrogens is 484 g/mol. The Morgan fingerprint density at radius 3 is 2.58 bits per heavy atom. The number of para-hydroxylation sites is 1. The highest BCUT2D eigenvalue weighted by Crippen LogP contribution is 2.19. The zero-order valence-electron chi connectivity index (χ0n) is 19.1. The van der Waals surface area contributed by atoms with Gasteiger partial charge in [-0.3, -0.25) is 9.36 Å². The summed E-state index contributed by atoms with van der Waals surface area (Å²) in [5.41, 5.74) is 1.24. The highest BCUT2D eigenvalue weighted by molar-refractivity contribution is 7.07. The SMILES string of the molecule is N#C/C(c1nnc2n1CCCCC2)=c1/s/c(=C\c2ccc(OC(F)F)cc2)c(=O)n1-c1ccccc1. The maximum Gasteiger partial charge on any atom is 0.387 e. The molecule has 0 bridgehead atoms. The van der Waals surface area contributed by atoms with Gasteiger partial charge < -0.3 is 9.30 Å². The minimum atomic E-state index is -2.91. The van der Waals surface area contributed by atoms with Gasteiger partial charge in [-0.15, -0.1) is 21.5 Å². The third-order valence-electron chi connectivity index (χ3n) is 5.90. The van der Waals surface area contributed by atoms with Crippen LogP contribution in [0.25, 0.3) is 17.3 Å². The van der Waals surface area contributed by atoms with Gasteiger partial charge in [-0.25, -0.2) is 0 Å². The van der Waals surface area contributed by atoms with Gasteiger partial charge in [0.1, 0.15) is 27.9 Å². The van der Waals surface area contributed by atoms with Gasteiger partial charge in [-0.1, -0.05) is 36.8 Å². The number of halogens is 2. The molecule has 0 fully saturated rings. The Balaban J connectivity index is 1.73. The van der Waals surface area contributed by atoms with Gasteiger partial charge in [0.25, 0.3) is 5.56 Å². The number of thiazole rings is 1. The van der Waals surface area contributed by atoms with Gasteiger partial charge in [-0.05, 0) is 48.7 Å². The molecule has 1 aliphatic heterocycles. The van der Waals surface area contributed by atoms with Crippen LogP contribution in [0.5, 0.6) is 5.75 Å². The van der Waals surface area contributed by atoms with Gasteiger partial charge >= 0.3 is 6.61 Å². The predicted octanol–water partition coefficient (Wildman–Crippen LogP) is 3.37. The Morgan fingerprint density at radius 2 is 1.86 bits per heavy atom. The van der Waals surface area contributed by atoms with Crippen molar-refractivity contribution < 1.29 is 13.5 Å². The maximum atomic E-state index is 13.6. The van der Waals surface area contributed by atoms with Crippen molar-refractivity contribution >= 4 is 23.0 Å². The zero-order chi connectivity index (χ0) is 25.1. The van der Waals surface area contributed by atoms with E-state index in [4.69, 9.17) is 0 Å². The third-order valence-corrected chi connectivity index (χ3v) is 6.99. The summed E-state index contributed by atoms with van der Waals surface area (Å²) >= 11 is 1.18. The van der Waals surface area contributed by atoms with Crippen molar-refractivity contribution in [3.8, 4) is 17.5 Å². The molecule has 4 aromatic rings. The molecule has 0 spiro atoms. The summed E-state index contributed by atoms with van der Waals surface area (Å²) in [6, 6.07) is 17.4. The second kappa shape index (κ2) is 10.3. The van der Waals surface area contributed by atoms with Crippen LogP contribution in [0.2, 0.25) is 0 Å². The molecule has 1 aliphatic rings. The second-order valence-electron chi connectivity index (χ2n) is 8.23.